The van der Waals surface area contributed by atoms with E-state index in [9.17, 15) is 17.7 Å². The van der Waals surface area contributed by atoms with Gasteiger partial charge in [0.25, 0.3) is 0 Å². The van der Waals surface area contributed by atoms with Crippen molar-refractivity contribution in [1.29, 1.82) is 0 Å². The van der Waals surface area contributed by atoms with Gasteiger partial charge in [-0.15, -0.1) is 0 Å². The molecule has 1 aliphatic rings. The van der Waals surface area contributed by atoms with Gasteiger partial charge in [0.05, 0.1) is 38.2 Å². The minimum Gasteiger partial charge on any atom is -0.465 e. The maximum atomic E-state index is 13.6. The van der Waals surface area contributed by atoms with Crippen LogP contribution in [-0.4, -0.2) is 51.3 Å². The number of benzene rings is 1. The van der Waals surface area contributed by atoms with E-state index in [0.29, 0.717) is 26.3 Å². The zero-order valence-electron chi connectivity index (χ0n) is 14.1. The molecule has 1 aromatic carbocycles. The molecule has 25 heavy (non-hydrogen) atoms. The van der Waals surface area contributed by atoms with Crippen LogP contribution in [0.3, 0.4) is 0 Å². The van der Waals surface area contributed by atoms with Crippen molar-refractivity contribution in [1.82, 2.24) is 4.90 Å². The first-order chi connectivity index (χ1) is 11.4. The number of halogens is 3. The molecule has 10 heteroatoms. The third-order valence-corrected chi connectivity index (χ3v) is 4.02. The van der Waals surface area contributed by atoms with Gasteiger partial charge in [-0.25, -0.2) is 4.79 Å². The Balaban J connectivity index is 0.00000225. The summed E-state index contributed by atoms with van der Waals surface area (Å²) in [6.45, 7) is -3.16. The van der Waals surface area contributed by atoms with Crippen LogP contribution in [0.15, 0.2) is 22.6 Å². The largest absolute Gasteiger partial charge is 1.00 e. The number of carbonyl (C=O) groups excluding carboxylic acids is 1. The van der Waals surface area contributed by atoms with Crippen molar-refractivity contribution in [3.63, 3.8) is 0 Å². The van der Waals surface area contributed by atoms with E-state index in [-0.39, 0.29) is 80.2 Å². The number of carbonyl (C=O) groups is 1. The molecule has 1 aliphatic heterocycles. The van der Waals surface area contributed by atoms with Crippen molar-refractivity contribution in [3.8, 4) is 0 Å². The number of methoxy groups -OCH3 is 1. The van der Waals surface area contributed by atoms with Gasteiger partial charge in [0.1, 0.15) is 5.58 Å². The summed E-state index contributed by atoms with van der Waals surface area (Å²) < 4.78 is 56.1. The molecule has 0 spiro atoms. The predicted molar refractivity (Wildman–Crippen MR) is 82.4 cm³/mol. The second-order valence-corrected chi connectivity index (χ2v) is 5.60. The monoisotopic (exact) mass is 381 g/mol. The van der Waals surface area contributed by atoms with Gasteiger partial charge in [0, 0.05) is 13.1 Å². The van der Waals surface area contributed by atoms with Crippen molar-refractivity contribution in [2.45, 2.75) is 6.54 Å². The van der Waals surface area contributed by atoms with E-state index in [2.05, 4.69) is 4.74 Å². The fraction of sp³-hybridized carbons (Fsp3) is 0.400. The summed E-state index contributed by atoms with van der Waals surface area (Å²) in [5.74, 6) is -0.810. The van der Waals surface area contributed by atoms with Crippen LogP contribution >= 0.6 is 0 Å². The van der Waals surface area contributed by atoms with Crippen LogP contribution in [0.2, 0.25) is 0 Å². The molecule has 0 aliphatic carbocycles. The Bertz CT molecular complexity index is 759. The van der Waals surface area contributed by atoms with Crippen LogP contribution in [0, 0.1) is 0 Å². The first kappa shape index (κ1) is 20.9. The van der Waals surface area contributed by atoms with E-state index >= 15 is 0 Å². The molecule has 3 rings (SSSR count). The Hall–Kier alpha value is -0.359. The number of hydrogen-bond donors (Lipinski definition) is 0. The Labute approximate surface area is 185 Å². The normalized spacial score (nSPS) is 15.8. The molecule has 2 heterocycles. The van der Waals surface area contributed by atoms with Gasteiger partial charge < -0.3 is 26.8 Å². The Morgan fingerprint density at radius 2 is 1.96 bits per heavy atom. The average molecular weight is 381 g/mol. The summed E-state index contributed by atoms with van der Waals surface area (Å²) in [5.41, 5.74) is -0.604. The molecular weight excluding hydrogens is 365 g/mol. The van der Waals surface area contributed by atoms with Crippen LogP contribution in [0.5, 0.6) is 0 Å². The van der Waals surface area contributed by atoms with Gasteiger partial charge >= 0.3 is 64.3 Å². The molecule has 1 aromatic heterocycles. The van der Waals surface area contributed by atoms with E-state index in [0.717, 1.165) is 0 Å². The summed E-state index contributed by atoms with van der Waals surface area (Å²) in [6, 6.07) is 3.94. The minimum atomic E-state index is -5.29. The van der Waals surface area contributed by atoms with Crippen LogP contribution in [-0.2, 0) is 16.0 Å². The molecule has 2 aromatic rings. The fourth-order valence-electron chi connectivity index (χ4n) is 2.85. The molecule has 0 saturated carbocycles. The van der Waals surface area contributed by atoms with Crippen molar-refractivity contribution < 1.29 is 83.0 Å². The number of rotatable bonds is 4. The SMILES string of the molecule is COC(=O)c1ccc2oc(CN3CCOCC3)c([B-](F)(F)F)c2c1.[K+]. The molecule has 1 fully saturated rings. The zero-order valence-corrected chi connectivity index (χ0v) is 17.2. The summed E-state index contributed by atoms with van der Waals surface area (Å²) >= 11 is 0. The average Bonchev–Trinajstić information content (AvgIpc) is 2.92. The minimum absolute atomic E-state index is 0. The molecule has 0 radical (unpaired) electrons. The van der Waals surface area contributed by atoms with Gasteiger partial charge in [-0.05, 0) is 23.6 Å². The van der Waals surface area contributed by atoms with Crippen molar-refractivity contribution in [2.24, 2.45) is 0 Å². The molecule has 1 saturated heterocycles. The third-order valence-electron chi connectivity index (χ3n) is 4.02. The predicted octanol–water partition coefficient (Wildman–Crippen LogP) is -0.890. The summed E-state index contributed by atoms with van der Waals surface area (Å²) in [6.07, 6.45) is 0. The van der Waals surface area contributed by atoms with E-state index in [4.69, 9.17) is 9.15 Å². The first-order valence-corrected chi connectivity index (χ1v) is 7.54. The second-order valence-electron chi connectivity index (χ2n) is 5.60. The molecule has 0 amide bonds. The Morgan fingerprint density at radius 1 is 1.28 bits per heavy atom. The number of nitrogens with zero attached hydrogens (tertiary/aromatic N) is 1. The smallest absolute Gasteiger partial charge is 0.465 e. The topological polar surface area (TPSA) is 51.9 Å². The van der Waals surface area contributed by atoms with Gasteiger partial charge in [0.2, 0.25) is 0 Å². The quantitative estimate of drug-likeness (QED) is 0.508. The number of ether oxygens (including phenoxy) is 2. The van der Waals surface area contributed by atoms with E-state index < -0.39 is 18.4 Å². The standard InChI is InChI=1S/C15H16BF3NO4.K/c1-22-15(21)10-2-3-12-11(8-10)14(16(17,18)19)13(24-12)9-20-4-6-23-7-5-20;/h2-3,8H,4-7,9H2,1H3;/q-1;+1. The Kier molecular flexibility index (Phi) is 7.17. The molecule has 130 valence electrons. The van der Waals surface area contributed by atoms with Crippen LogP contribution in [0.1, 0.15) is 16.1 Å². The van der Waals surface area contributed by atoms with Crippen LogP contribution in [0.4, 0.5) is 12.9 Å². The Morgan fingerprint density at radius 3 is 2.56 bits per heavy atom. The van der Waals surface area contributed by atoms with E-state index in [1.165, 1.54) is 25.3 Å². The van der Waals surface area contributed by atoms with Gasteiger partial charge in [-0.3, -0.25) is 4.90 Å². The molecule has 0 bridgehead atoms. The summed E-state index contributed by atoms with van der Waals surface area (Å²) in [4.78, 5) is 13.4. The van der Waals surface area contributed by atoms with Crippen molar-refractivity contribution in [2.75, 3.05) is 33.4 Å². The number of furan rings is 1. The molecule has 0 atom stereocenters. The first-order valence-electron chi connectivity index (χ1n) is 7.54. The van der Waals surface area contributed by atoms with Gasteiger partial charge in [-0.1, -0.05) is 5.46 Å². The number of esters is 1. The maximum absolute atomic E-state index is 13.6. The van der Waals surface area contributed by atoms with Crippen molar-refractivity contribution in [3.05, 3.63) is 29.5 Å². The number of morpholine rings is 1. The third kappa shape index (κ3) is 4.68. The second kappa shape index (κ2) is 8.55. The number of hydrogen-bond acceptors (Lipinski definition) is 5. The maximum Gasteiger partial charge on any atom is 1.00 e. The van der Waals surface area contributed by atoms with Gasteiger partial charge in [0.15, 0.2) is 0 Å². The zero-order chi connectivity index (χ0) is 17.3. The number of fused-ring (bicyclic) bond motifs is 1. The van der Waals surface area contributed by atoms with Crippen LogP contribution < -0.4 is 56.8 Å². The van der Waals surface area contributed by atoms with Crippen LogP contribution in [0.25, 0.3) is 11.0 Å². The summed E-state index contributed by atoms with van der Waals surface area (Å²) in [7, 11) is 1.18. The molecule has 0 N–H and O–H groups in total. The van der Waals surface area contributed by atoms with E-state index in [1.54, 1.807) is 0 Å². The van der Waals surface area contributed by atoms with Crippen molar-refractivity contribution >= 4 is 29.4 Å². The molecular formula is C15H16BF3KNO4. The van der Waals surface area contributed by atoms with E-state index in [1.807, 2.05) is 4.90 Å². The van der Waals surface area contributed by atoms with Gasteiger partial charge in [-0.2, -0.15) is 0 Å². The fourth-order valence-corrected chi connectivity index (χ4v) is 2.85. The molecule has 0 unspecified atom stereocenters. The summed E-state index contributed by atoms with van der Waals surface area (Å²) in [5, 5.41) is -0.103. The molecule has 5 nitrogen and oxygen atoms in total.